The molecule has 1 unspecified atom stereocenters. The lowest BCUT2D eigenvalue weighted by Crippen LogP contribution is -2.36. The molecule has 1 saturated heterocycles. The fourth-order valence-electron chi connectivity index (χ4n) is 3.95. The molecule has 0 N–H and O–H groups in total. The summed E-state index contributed by atoms with van der Waals surface area (Å²) in [5.74, 6) is 5.63. The zero-order valence-corrected chi connectivity index (χ0v) is 17.2. The summed E-state index contributed by atoms with van der Waals surface area (Å²) in [5.41, 5.74) is 0.905. The molecule has 4 rings (SSSR count). The van der Waals surface area contributed by atoms with Gasteiger partial charge in [-0.1, -0.05) is 5.92 Å². The van der Waals surface area contributed by atoms with Gasteiger partial charge in [-0.05, 0) is 57.6 Å². The van der Waals surface area contributed by atoms with Crippen LogP contribution in [0.15, 0.2) is 35.4 Å². The number of aromatic nitrogens is 3. The van der Waals surface area contributed by atoms with Crippen LogP contribution in [0.3, 0.4) is 0 Å². The van der Waals surface area contributed by atoms with Gasteiger partial charge in [0.2, 0.25) is 0 Å². The zero-order valence-electron chi connectivity index (χ0n) is 17.2. The Kier molecular flexibility index (Phi) is 5.84. The van der Waals surface area contributed by atoms with E-state index in [1.54, 1.807) is 24.5 Å². The minimum absolute atomic E-state index is 0.0163. The second-order valence-corrected chi connectivity index (χ2v) is 8.09. The van der Waals surface area contributed by atoms with E-state index >= 15 is 0 Å². The number of hydrogen-bond donors (Lipinski definition) is 0. The van der Waals surface area contributed by atoms with Gasteiger partial charge < -0.3 is 14.2 Å². The van der Waals surface area contributed by atoms with Crippen molar-refractivity contribution in [3.63, 3.8) is 0 Å². The second-order valence-electron chi connectivity index (χ2n) is 8.09. The maximum atomic E-state index is 12.8. The van der Waals surface area contributed by atoms with Gasteiger partial charge in [-0.3, -0.25) is 4.79 Å². The summed E-state index contributed by atoms with van der Waals surface area (Å²) < 4.78 is 7.64. The maximum Gasteiger partial charge on any atom is 0.254 e. The van der Waals surface area contributed by atoms with Crippen LogP contribution in [0.25, 0.3) is 0 Å². The molecule has 0 amide bonds. The molecule has 0 radical (unpaired) electrons. The van der Waals surface area contributed by atoms with Crippen LogP contribution in [-0.4, -0.2) is 32.5 Å². The van der Waals surface area contributed by atoms with Gasteiger partial charge in [0, 0.05) is 55.2 Å². The van der Waals surface area contributed by atoms with Crippen molar-refractivity contribution in [2.75, 3.05) is 13.1 Å². The Labute approximate surface area is 171 Å². The highest BCUT2D eigenvalue weighted by atomic mass is 16.5. The Hall–Kier alpha value is -2.81. The van der Waals surface area contributed by atoms with E-state index in [1.807, 2.05) is 17.6 Å². The average molecular weight is 393 g/mol. The number of ether oxygens (including phenoxy) is 1. The number of rotatable bonds is 5. The zero-order chi connectivity index (χ0) is 20.2. The van der Waals surface area contributed by atoms with Crippen LogP contribution in [0.4, 0.5) is 0 Å². The first-order valence-corrected chi connectivity index (χ1v) is 10.5. The van der Waals surface area contributed by atoms with Gasteiger partial charge in [0.05, 0.1) is 0 Å². The van der Waals surface area contributed by atoms with Crippen molar-refractivity contribution in [2.45, 2.75) is 52.2 Å². The van der Waals surface area contributed by atoms with Gasteiger partial charge in [-0.25, -0.2) is 9.97 Å². The minimum Gasteiger partial charge on any atom is -0.485 e. The van der Waals surface area contributed by atoms with Crippen molar-refractivity contribution in [3.8, 4) is 17.7 Å². The van der Waals surface area contributed by atoms with Crippen molar-refractivity contribution >= 4 is 0 Å². The van der Waals surface area contributed by atoms with E-state index in [1.165, 1.54) is 12.8 Å². The van der Waals surface area contributed by atoms with Crippen LogP contribution in [0, 0.1) is 30.7 Å². The number of likely N-dealkylation sites (tertiary alicyclic amines) is 1. The van der Waals surface area contributed by atoms with Gasteiger partial charge in [-0.15, -0.1) is 0 Å². The van der Waals surface area contributed by atoms with E-state index in [4.69, 9.17) is 4.74 Å². The number of piperidine rings is 1. The van der Waals surface area contributed by atoms with Crippen LogP contribution in [0.1, 0.15) is 50.2 Å². The first kappa shape index (κ1) is 19.5. The number of aryl methyl sites for hydroxylation is 1. The third kappa shape index (κ3) is 4.97. The first-order valence-electron chi connectivity index (χ1n) is 10.5. The molecule has 1 aliphatic carbocycles. The molecule has 0 spiro atoms. The predicted octanol–water partition coefficient (Wildman–Crippen LogP) is 3.17. The van der Waals surface area contributed by atoms with Gasteiger partial charge in [0.1, 0.15) is 12.4 Å². The van der Waals surface area contributed by atoms with Gasteiger partial charge >= 0.3 is 0 Å². The Morgan fingerprint density at radius 2 is 1.90 bits per heavy atom. The first-order chi connectivity index (χ1) is 14.1. The fraction of sp³-hybridized carbons (Fsp3) is 0.522. The van der Waals surface area contributed by atoms with Crippen molar-refractivity contribution in [2.24, 2.45) is 11.8 Å². The normalized spacial score (nSPS) is 18.1. The van der Waals surface area contributed by atoms with Gasteiger partial charge in [0.15, 0.2) is 5.82 Å². The molecule has 2 aromatic heterocycles. The fourth-order valence-corrected chi connectivity index (χ4v) is 3.95. The average Bonchev–Trinajstić information content (AvgIpc) is 3.56. The molecule has 2 fully saturated rings. The largest absolute Gasteiger partial charge is 0.485 e. The lowest BCUT2D eigenvalue weighted by Gasteiger charge is -2.34. The second kappa shape index (κ2) is 8.69. The van der Waals surface area contributed by atoms with Gasteiger partial charge in [0.25, 0.3) is 5.56 Å². The topological polar surface area (TPSA) is 60.3 Å². The molecule has 2 aliphatic rings. The smallest absolute Gasteiger partial charge is 0.254 e. The Morgan fingerprint density at radius 3 is 2.55 bits per heavy atom. The molecule has 0 bridgehead atoms. The predicted molar refractivity (Wildman–Crippen MR) is 111 cm³/mol. The number of pyridine rings is 1. The Bertz CT molecular complexity index is 948. The van der Waals surface area contributed by atoms with Crippen LogP contribution in [0.5, 0.6) is 5.75 Å². The Balaban J connectivity index is 1.39. The Morgan fingerprint density at radius 1 is 1.17 bits per heavy atom. The molecular formula is C23H28N4O2. The highest BCUT2D eigenvalue weighted by molar-refractivity contribution is 5.24. The molecular weight excluding hydrogens is 364 g/mol. The standard InChI is InChI=1S/C23H28N4O2/c1-17-14-21(29-16-22-24-9-3-10-25-22)15-23(28)27(17)18(2)20-7-12-26(13-8-20)11-6-19-4-5-19/h3,9-10,14-15,18-20H,4-5,7-8,12-13,16H2,1-2H3. The van der Waals surface area contributed by atoms with E-state index in [9.17, 15) is 4.79 Å². The molecule has 1 aliphatic heterocycles. The molecule has 1 saturated carbocycles. The monoisotopic (exact) mass is 392 g/mol. The highest BCUT2D eigenvalue weighted by Gasteiger charge is 2.26. The van der Waals surface area contributed by atoms with Crippen molar-refractivity contribution in [3.05, 3.63) is 52.5 Å². The summed E-state index contributed by atoms with van der Waals surface area (Å²) in [7, 11) is 0. The summed E-state index contributed by atoms with van der Waals surface area (Å²) in [4.78, 5) is 23.4. The summed E-state index contributed by atoms with van der Waals surface area (Å²) in [5, 5.41) is 0. The number of hydrogen-bond acceptors (Lipinski definition) is 5. The van der Waals surface area contributed by atoms with Crippen LogP contribution < -0.4 is 10.3 Å². The van der Waals surface area contributed by atoms with E-state index in [0.29, 0.717) is 23.4 Å². The molecule has 0 aromatic carbocycles. The SMILES string of the molecule is Cc1cc(OCc2ncccn2)cc(=O)n1C(C)C1CCN(C#CC2CC2)CC1. The summed E-state index contributed by atoms with van der Waals surface area (Å²) in [6.07, 6.45) is 8.02. The molecule has 2 aromatic rings. The maximum absolute atomic E-state index is 12.8. The van der Waals surface area contributed by atoms with Gasteiger partial charge in [-0.2, -0.15) is 0 Å². The summed E-state index contributed by atoms with van der Waals surface area (Å²) in [6.45, 7) is 6.35. The van der Waals surface area contributed by atoms with Crippen molar-refractivity contribution in [1.82, 2.24) is 19.4 Å². The van der Waals surface area contributed by atoms with Crippen molar-refractivity contribution in [1.29, 1.82) is 0 Å². The third-order valence-corrected chi connectivity index (χ3v) is 5.85. The molecule has 3 heterocycles. The van der Waals surface area contributed by atoms with Crippen molar-refractivity contribution < 1.29 is 4.74 Å². The molecule has 29 heavy (non-hydrogen) atoms. The van der Waals surface area contributed by atoms with E-state index < -0.39 is 0 Å². The van der Waals surface area contributed by atoms with Crippen LogP contribution >= 0.6 is 0 Å². The van der Waals surface area contributed by atoms with Crippen LogP contribution in [-0.2, 0) is 6.61 Å². The molecule has 6 nitrogen and oxygen atoms in total. The molecule has 1 atom stereocenters. The quantitative estimate of drug-likeness (QED) is 0.732. The molecule has 6 heteroatoms. The minimum atomic E-state index is -0.0163. The molecule has 152 valence electrons. The number of nitrogens with zero attached hydrogens (tertiary/aromatic N) is 4. The lowest BCUT2D eigenvalue weighted by atomic mass is 9.90. The highest BCUT2D eigenvalue weighted by Crippen LogP contribution is 2.30. The summed E-state index contributed by atoms with van der Waals surface area (Å²) >= 11 is 0. The van der Waals surface area contributed by atoms with E-state index in [2.05, 4.69) is 33.8 Å². The van der Waals surface area contributed by atoms with Crippen LogP contribution in [0.2, 0.25) is 0 Å². The summed E-state index contributed by atoms with van der Waals surface area (Å²) in [6, 6.07) is 8.75. The van der Waals surface area contributed by atoms with E-state index in [0.717, 1.165) is 31.6 Å². The van der Waals surface area contributed by atoms with E-state index in [-0.39, 0.29) is 18.2 Å². The third-order valence-electron chi connectivity index (χ3n) is 5.85. The lowest BCUT2D eigenvalue weighted by molar-refractivity contribution is 0.200.